The summed E-state index contributed by atoms with van der Waals surface area (Å²) < 4.78 is 43.0. The van der Waals surface area contributed by atoms with Gasteiger partial charge in [0, 0.05) is 19.5 Å². The molecule has 4 aromatic carbocycles. The van der Waals surface area contributed by atoms with Gasteiger partial charge in [0.05, 0.1) is 10.6 Å². The van der Waals surface area contributed by atoms with Gasteiger partial charge in [-0.2, -0.15) is 0 Å². The predicted molar refractivity (Wildman–Crippen MR) is 171 cm³/mol. The Bertz CT molecular complexity index is 1660. The number of amides is 2. The molecular formula is C35H38FN3O4S. The van der Waals surface area contributed by atoms with Crippen molar-refractivity contribution >= 4 is 27.5 Å². The lowest BCUT2D eigenvalue weighted by Gasteiger charge is -2.34. The van der Waals surface area contributed by atoms with Crippen molar-refractivity contribution in [3.05, 3.63) is 131 Å². The SMILES string of the molecule is CCCNC(=O)[C@@H](Cc1ccccc1)N(Cc1ccc(F)cc1)C(=O)CN(c1ccc(C)c(C)c1)S(=O)(=O)c1ccccc1. The van der Waals surface area contributed by atoms with Gasteiger partial charge in [0.2, 0.25) is 11.8 Å². The number of nitrogens with one attached hydrogen (secondary N) is 1. The number of hydrogen-bond donors (Lipinski definition) is 1. The molecule has 0 aliphatic heterocycles. The molecule has 1 atom stereocenters. The lowest BCUT2D eigenvalue weighted by atomic mass is 10.0. The fourth-order valence-electron chi connectivity index (χ4n) is 4.84. The summed E-state index contributed by atoms with van der Waals surface area (Å²) in [6.07, 6.45) is 0.907. The van der Waals surface area contributed by atoms with Gasteiger partial charge in [-0.15, -0.1) is 0 Å². The zero-order valence-electron chi connectivity index (χ0n) is 25.2. The van der Waals surface area contributed by atoms with E-state index in [2.05, 4.69) is 5.32 Å². The summed E-state index contributed by atoms with van der Waals surface area (Å²) in [5.41, 5.74) is 3.62. The number of sulfonamides is 1. The minimum absolute atomic E-state index is 0.0255. The molecular weight excluding hydrogens is 577 g/mol. The summed E-state index contributed by atoms with van der Waals surface area (Å²) in [7, 11) is -4.17. The van der Waals surface area contributed by atoms with E-state index in [1.165, 1.54) is 29.2 Å². The van der Waals surface area contributed by atoms with Gasteiger partial charge >= 0.3 is 0 Å². The van der Waals surface area contributed by atoms with E-state index < -0.39 is 34.3 Å². The molecule has 0 unspecified atom stereocenters. The first-order valence-corrected chi connectivity index (χ1v) is 16.0. The maximum Gasteiger partial charge on any atom is 0.264 e. The third-order valence-electron chi connectivity index (χ3n) is 7.48. The van der Waals surface area contributed by atoms with Crippen molar-refractivity contribution in [3.63, 3.8) is 0 Å². The Kier molecular flexibility index (Phi) is 10.9. The topological polar surface area (TPSA) is 86.8 Å². The molecule has 0 radical (unpaired) electrons. The summed E-state index contributed by atoms with van der Waals surface area (Å²) >= 11 is 0. The molecule has 44 heavy (non-hydrogen) atoms. The van der Waals surface area contributed by atoms with Crippen LogP contribution in [0.1, 0.15) is 35.6 Å². The normalized spacial score (nSPS) is 11.9. The Labute approximate surface area is 259 Å². The Morgan fingerprint density at radius 1 is 0.818 bits per heavy atom. The summed E-state index contributed by atoms with van der Waals surface area (Å²) in [6, 6.07) is 27.3. The molecule has 2 amide bonds. The van der Waals surface area contributed by atoms with Crippen LogP contribution in [0, 0.1) is 19.7 Å². The molecule has 0 aliphatic carbocycles. The highest BCUT2D eigenvalue weighted by Crippen LogP contribution is 2.27. The van der Waals surface area contributed by atoms with E-state index in [0.29, 0.717) is 24.2 Å². The number of carbonyl (C=O) groups excluding carboxylic acids is 2. The molecule has 7 nitrogen and oxygen atoms in total. The number of benzene rings is 4. The summed E-state index contributed by atoms with van der Waals surface area (Å²) in [6.45, 7) is 5.58. The number of rotatable bonds is 13. The minimum Gasteiger partial charge on any atom is -0.354 e. The van der Waals surface area contributed by atoms with Gasteiger partial charge in [0.1, 0.15) is 18.4 Å². The third-order valence-corrected chi connectivity index (χ3v) is 9.26. The smallest absolute Gasteiger partial charge is 0.264 e. The lowest BCUT2D eigenvalue weighted by Crippen LogP contribution is -2.53. The number of halogens is 1. The van der Waals surface area contributed by atoms with Crippen LogP contribution in [0.25, 0.3) is 0 Å². The highest BCUT2D eigenvalue weighted by atomic mass is 32.2. The Morgan fingerprint density at radius 3 is 2.07 bits per heavy atom. The summed E-state index contributed by atoms with van der Waals surface area (Å²) in [5, 5.41) is 2.91. The molecule has 9 heteroatoms. The van der Waals surface area contributed by atoms with Crippen LogP contribution in [0.4, 0.5) is 10.1 Å². The molecule has 230 valence electrons. The lowest BCUT2D eigenvalue weighted by molar-refractivity contribution is -0.140. The van der Waals surface area contributed by atoms with Crippen LogP contribution in [-0.2, 0) is 32.6 Å². The van der Waals surface area contributed by atoms with Crippen molar-refractivity contribution < 1.29 is 22.4 Å². The molecule has 4 aromatic rings. The van der Waals surface area contributed by atoms with Gasteiger partial charge in [-0.05, 0) is 78.9 Å². The van der Waals surface area contributed by atoms with E-state index in [1.54, 1.807) is 42.5 Å². The molecule has 0 saturated heterocycles. The van der Waals surface area contributed by atoms with Crippen LogP contribution in [0.3, 0.4) is 0 Å². The molecule has 0 spiro atoms. The number of anilines is 1. The minimum atomic E-state index is -4.17. The zero-order chi connectivity index (χ0) is 31.7. The molecule has 0 bridgehead atoms. The first-order chi connectivity index (χ1) is 21.1. The number of nitrogens with zero attached hydrogens (tertiary/aromatic N) is 2. The second-order valence-corrected chi connectivity index (χ2v) is 12.6. The quantitative estimate of drug-likeness (QED) is 0.206. The van der Waals surface area contributed by atoms with E-state index in [9.17, 15) is 22.4 Å². The van der Waals surface area contributed by atoms with Gasteiger partial charge in [-0.1, -0.05) is 73.7 Å². The average molecular weight is 616 g/mol. The first kappa shape index (κ1) is 32.4. The van der Waals surface area contributed by atoms with Crippen LogP contribution < -0.4 is 9.62 Å². The Balaban J connectivity index is 1.80. The molecule has 0 saturated carbocycles. The average Bonchev–Trinajstić information content (AvgIpc) is 3.03. The standard InChI is InChI=1S/C35H38FN3O4S/c1-4-21-37-35(41)33(23-28-11-7-5-8-12-28)38(24-29-16-18-30(36)19-17-29)34(40)25-39(31-20-15-26(2)27(3)22-31)44(42,43)32-13-9-6-10-14-32/h5-20,22,33H,4,21,23-25H2,1-3H3,(H,37,41)/t33-/m1/s1. The van der Waals surface area contributed by atoms with Crippen molar-refractivity contribution in [1.82, 2.24) is 10.2 Å². The number of hydrogen-bond acceptors (Lipinski definition) is 4. The monoisotopic (exact) mass is 615 g/mol. The van der Waals surface area contributed by atoms with Crippen molar-refractivity contribution in [3.8, 4) is 0 Å². The molecule has 0 heterocycles. The van der Waals surface area contributed by atoms with Crippen molar-refractivity contribution in [2.45, 2.75) is 51.1 Å². The molecule has 0 aromatic heterocycles. The van der Waals surface area contributed by atoms with Crippen molar-refractivity contribution in [2.24, 2.45) is 0 Å². The van der Waals surface area contributed by atoms with Crippen LogP contribution in [0.2, 0.25) is 0 Å². The van der Waals surface area contributed by atoms with Gasteiger partial charge in [-0.25, -0.2) is 12.8 Å². The van der Waals surface area contributed by atoms with Gasteiger partial charge in [0.25, 0.3) is 10.0 Å². The Hall–Kier alpha value is -4.50. The molecule has 0 aliphatic rings. The summed E-state index contributed by atoms with van der Waals surface area (Å²) in [5.74, 6) is -1.35. The molecule has 0 fully saturated rings. The van der Waals surface area contributed by atoms with E-state index in [1.807, 2.05) is 57.2 Å². The first-order valence-electron chi connectivity index (χ1n) is 14.6. The van der Waals surface area contributed by atoms with Gasteiger partial charge in [-0.3, -0.25) is 13.9 Å². The van der Waals surface area contributed by atoms with Crippen LogP contribution in [-0.4, -0.2) is 44.3 Å². The molecule has 1 N–H and O–H groups in total. The van der Waals surface area contributed by atoms with Crippen LogP contribution in [0.15, 0.2) is 108 Å². The number of aryl methyl sites for hydroxylation is 2. The van der Waals surface area contributed by atoms with Crippen LogP contribution >= 0.6 is 0 Å². The second-order valence-electron chi connectivity index (χ2n) is 10.7. The van der Waals surface area contributed by atoms with Crippen LogP contribution in [0.5, 0.6) is 0 Å². The van der Waals surface area contributed by atoms with E-state index in [4.69, 9.17) is 0 Å². The summed E-state index contributed by atoms with van der Waals surface area (Å²) in [4.78, 5) is 29.5. The highest BCUT2D eigenvalue weighted by molar-refractivity contribution is 7.92. The van der Waals surface area contributed by atoms with Gasteiger partial charge in [0.15, 0.2) is 0 Å². The van der Waals surface area contributed by atoms with Crippen molar-refractivity contribution in [1.29, 1.82) is 0 Å². The van der Waals surface area contributed by atoms with E-state index >= 15 is 0 Å². The van der Waals surface area contributed by atoms with E-state index in [-0.39, 0.29) is 23.8 Å². The maximum atomic E-state index is 14.4. The Morgan fingerprint density at radius 2 is 1.45 bits per heavy atom. The second kappa shape index (κ2) is 14.8. The van der Waals surface area contributed by atoms with E-state index in [0.717, 1.165) is 21.0 Å². The fraction of sp³-hybridized carbons (Fsp3) is 0.257. The zero-order valence-corrected chi connectivity index (χ0v) is 26.1. The fourth-order valence-corrected chi connectivity index (χ4v) is 6.26. The highest BCUT2D eigenvalue weighted by Gasteiger charge is 2.34. The molecule has 4 rings (SSSR count). The van der Waals surface area contributed by atoms with Crippen molar-refractivity contribution in [2.75, 3.05) is 17.4 Å². The third kappa shape index (κ3) is 8.11. The van der Waals surface area contributed by atoms with Gasteiger partial charge < -0.3 is 10.2 Å². The number of carbonyl (C=O) groups is 2. The predicted octanol–water partition coefficient (Wildman–Crippen LogP) is 5.80. The maximum absolute atomic E-state index is 14.4. The largest absolute Gasteiger partial charge is 0.354 e.